The number of nitrogens with one attached hydrogen (secondary N) is 1. The molecule has 0 aliphatic heterocycles. The van der Waals surface area contributed by atoms with E-state index in [0.717, 1.165) is 0 Å². The number of carboxylic acids is 1. The quantitative estimate of drug-likeness (QED) is 0.440. The molecule has 0 bridgehead atoms. The van der Waals surface area contributed by atoms with Gasteiger partial charge in [-0.1, -0.05) is 56.3 Å². The first-order valence-corrected chi connectivity index (χ1v) is 12.8. The van der Waals surface area contributed by atoms with Gasteiger partial charge in [0.25, 0.3) is 0 Å². The van der Waals surface area contributed by atoms with Gasteiger partial charge in [0.2, 0.25) is 10.0 Å². The van der Waals surface area contributed by atoms with Crippen molar-refractivity contribution in [2.24, 2.45) is 5.92 Å². The van der Waals surface area contributed by atoms with E-state index in [0.29, 0.717) is 11.1 Å². The summed E-state index contributed by atoms with van der Waals surface area (Å²) in [6.07, 6.45) is 0. The number of hydrogen-bond acceptors (Lipinski definition) is 6. The maximum Gasteiger partial charge on any atom is 0.339 e. The third-order valence-electron chi connectivity index (χ3n) is 4.80. The molecule has 3 aromatic rings. The number of benzene rings is 3. The molecule has 0 heterocycles. The Bertz CT molecular complexity index is 1320. The van der Waals surface area contributed by atoms with Gasteiger partial charge < -0.3 is 9.29 Å². The van der Waals surface area contributed by atoms with E-state index in [1.165, 1.54) is 36.4 Å². The van der Waals surface area contributed by atoms with Crippen LogP contribution in [0.5, 0.6) is 5.75 Å². The molecular formula is C23H23NO7S2. The highest BCUT2D eigenvalue weighted by atomic mass is 32.2. The Hall–Kier alpha value is -3.21. The zero-order valence-electron chi connectivity index (χ0n) is 17.9. The number of hydrogen-bond donors (Lipinski definition) is 2. The van der Waals surface area contributed by atoms with Crippen molar-refractivity contribution in [1.82, 2.24) is 4.72 Å². The lowest BCUT2D eigenvalue weighted by Crippen LogP contribution is -2.44. The normalized spacial score (nSPS) is 12.9. The Morgan fingerprint density at radius 2 is 1.30 bits per heavy atom. The minimum atomic E-state index is -4.02. The van der Waals surface area contributed by atoms with Gasteiger partial charge >= 0.3 is 16.1 Å². The lowest BCUT2D eigenvalue weighted by Gasteiger charge is -2.18. The third-order valence-corrected chi connectivity index (χ3v) is 7.52. The van der Waals surface area contributed by atoms with Crippen LogP contribution in [0.25, 0.3) is 11.1 Å². The SMILES string of the molecule is CC(C)[C@@H](NS(=O)(=O)c1ccc(-c2ccc(OS(=O)(=O)c3ccccc3)cc2)cc1)C(=O)O. The molecule has 0 aliphatic rings. The monoisotopic (exact) mass is 489 g/mol. The summed E-state index contributed by atoms with van der Waals surface area (Å²) in [5.41, 5.74) is 1.40. The second-order valence-corrected chi connectivity index (χ2v) is 10.8. The van der Waals surface area contributed by atoms with E-state index < -0.39 is 38.1 Å². The average molecular weight is 490 g/mol. The molecule has 0 saturated carbocycles. The van der Waals surface area contributed by atoms with Gasteiger partial charge in [0.1, 0.15) is 16.7 Å². The molecule has 8 nitrogen and oxygen atoms in total. The van der Waals surface area contributed by atoms with Gasteiger partial charge in [-0.3, -0.25) is 4.79 Å². The molecule has 0 aromatic heterocycles. The molecule has 0 radical (unpaired) electrons. The van der Waals surface area contributed by atoms with E-state index >= 15 is 0 Å². The standard InChI is InChI=1S/C23H23NO7S2/c1-16(2)22(23(25)26)24-32(27,28)20-14-10-18(11-15-20)17-8-12-19(13-9-17)31-33(29,30)21-6-4-3-5-7-21/h3-16,22,24H,1-2H3,(H,25,26)/t22-/m1/s1. The molecule has 0 fully saturated rings. The molecule has 174 valence electrons. The van der Waals surface area contributed by atoms with Gasteiger partial charge in [-0.15, -0.1) is 0 Å². The maximum absolute atomic E-state index is 12.5. The van der Waals surface area contributed by atoms with Crippen LogP contribution in [-0.4, -0.2) is 34.0 Å². The van der Waals surface area contributed by atoms with Gasteiger partial charge in [0, 0.05) is 0 Å². The molecule has 0 spiro atoms. The zero-order valence-corrected chi connectivity index (χ0v) is 19.5. The molecule has 3 aromatic carbocycles. The summed E-state index contributed by atoms with van der Waals surface area (Å²) in [4.78, 5) is 11.3. The average Bonchev–Trinajstić information content (AvgIpc) is 2.78. The highest BCUT2D eigenvalue weighted by molar-refractivity contribution is 7.89. The molecule has 33 heavy (non-hydrogen) atoms. The Balaban J connectivity index is 1.75. The van der Waals surface area contributed by atoms with Gasteiger partial charge in [-0.25, -0.2) is 8.42 Å². The highest BCUT2D eigenvalue weighted by Gasteiger charge is 2.28. The van der Waals surface area contributed by atoms with E-state index in [4.69, 9.17) is 4.18 Å². The van der Waals surface area contributed by atoms with Crippen LogP contribution in [0.4, 0.5) is 0 Å². The van der Waals surface area contributed by atoms with Crippen molar-refractivity contribution in [2.45, 2.75) is 29.7 Å². The van der Waals surface area contributed by atoms with Crippen LogP contribution in [0.3, 0.4) is 0 Å². The number of carbonyl (C=O) groups is 1. The molecule has 10 heteroatoms. The summed E-state index contributed by atoms with van der Waals surface area (Å²) >= 11 is 0. The summed E-state index contributed by atoms with van der Waals surface area (Å²) in [6, 6.07) is 18.8. The van der Waals surface area contributed by atoms with E-state index in [-0.39, 0.29) is 15.5 Å². The Morgan fingerprint density at radius 1 is 0.788 bits per heavy atom. The molecule has 0 unspecified atom stereocenters. The Morgan fingerprint density at radius 3 is 1.79 bits per heavy atom. The number of sulfonamides is 1. The fraction of sp³-hybridized carbons (Fsp3) is 0.174. The van der Waals surface area contributed by atoms with Crippen molar-refractivity contribution >= 4 is 26.1 Å². The van der Waals surface area contributed by atoms with Crippen molar-refractivity contribution in [3.05, 3.63) is 78.9 Å². The summed E-state index contributed by atoms with van der Waals surface area (Å²) in [5, 5.41) is 9.23. The second-order valence-electron chi connectivity index (χ2n) is 7.58. The predicted molar refractivity (Wildman–Crippen MR) is 123 cm³/mol. The first-order valence-electron chi connectivity index (χ1n) is 9.95. The van der Waals surface area contributed by atoms with Crippen LogP contribution in [0, 0.1) is 5.92 Å². The van der Waals surface area contributed by atoms with E-state index in [2.05, 4.69) is 4.72 Å². The van der Waals surface area contributed by atoms with Gasteiger partial charge in [0.15, 0.2) is 0 Å². The van der Waals surface area contributed by atoms with Crippen molar-refractivity contribution in [3.63, 3.8) is 0 Å². The lowest BCUT2D eigenvalue weighted by atomic mass is 10.1. The minimum absolute atomic E-state index is 0.0436. The van der Waals surface area contributed by atoms with Crippen LogP contribution in [-0.2, 0) is 24.9 Å². The van der Waals surface area contributed by atoms with Crippen molar-refractivity contribution in [2.75, 3.05) is 0 Å². The molecule has 3 rings (SSSR count). The van der Waals surface area contributed by atoms with Gasteiger partial charge in [-0.2, -0.15) is 13.1 Å². The number of rotatable bonds is 9. The fourth-order valence-corrected chi connectivity index (χ4v) is 5.29. The molecular weight excluding hydrogens is 466 g/mol. The smallest absolute Gasteiger partial charge is 0.339 e. The third kappa shape index (κ3) is 5.98. The van der Waals surface area contributed by atoms with Crippen LogP contribution in [0.2, 0.25) is 0 Å². The summed E-state index contributed by atoms with van der Waals surface area (Å²) in [7, 11) is -7.97. The molecule has 0 aliphatic carbocycles. The molecule has 2 N–H and O–H groups in total. The number of aliphatic carboxylic acids is 1. The largest absolute Gasteiger partial charge is 0.480 e. The summed E-state index contributed by atoms with van der Waals surface area (Å²) in [6.45, 7) is 3.23. The van der Waals surface area contributed by atoms with Crippen LogP contribution in [0.15, 0.2) is 88.7 Å². The Labute approximate surface area is 193 Å². The van der Waals surface area contributed by atoms with Gasteiger partial charge in [-0.05, 0) is 53.4 Å². The maximum atomic E-state index is 12.5. The molecule has 0 saturated heterocycles. The van der Waals surface area contributed by atoms with Crippen molar-refractivity contribution in [3.8, 4) is 16.9 Å². The van der Waals surface area contributed by atoms with E-state index in [9.17, 15) is 26.7 Å². The van der Waals surface area contributed by atoms with Crippen molar-refractivity contribution < 1.29 is 30.9 Å². The lowest BCUT2D eigenvalue weighted by molar-refractivity contribution is -0.140. The van der Waals surface area contributed by atoms with E-state index in [1.807, 2.05) is 0 Å². The highest BCUT2D eigenvalue weighted by Crippen LogP contribution is 2.26. The first kappa shape index (κ1) is 24.4. The van der Waals surface area contributed by atoms with Crippen LogP contribution < -0.4 is 8.91 Å². The first-order chi connectivity index (χ1) is 15.5. The Kier molecular flexibility index (Phi) is 7.21. The van der Waals surface area contributed by atoms with Gasteiger partial charge in [0.05, 0.1) is 4.90 Å². The topological polar surface area (TPSA) is 127 Å². The van der Waals surface area contributed by atoms with Crippen LogP contribution in [0.1, 0.15) is 13.8 Å². The number of carboxylic acid groups (broad SMARTS) is 1. The summed E-state index contributed by atoms with van der Waals surface area (Å²) < 4.78 is 57.1. The predicted octanol–water partition coefficient (Wildman–Crippen LogP) is 3.51. The second kappa shape index (κ2) is 9.74. The molecule has 0 amide bonds. The van der Waals surface area contributed by atoms with Crippen molar-refractivity contribution in [1.29, 1.82) is 0 Å². The van der Waals surface area contributed by atoms with Crippen LogP contribution >= 0.6 is 0 Å². The zero-order chi connectivity index (χ0) is 24.2. The van der Waals surface area contributed by atoms with E-state index in [1.54, 1.807) is 56.3 Å². The molecule has 1 atom stereocenters. The summed E-state index contributed by atoms with van der Waals surface area (Å²) in [5.74, 6) is -1.54. The fourth-order valence-electron chi connectivity index (χ4n) is 3.00. The minimum Gasteiger partial charge on any atom is -0.480 e.